The van der Waals surface area contributed by atoms with Crippen LogP contribution in [0, 0.1) is 5.92 Å². The Bertz CT molecular complexity index is 619. The topological polar surface area (TPSA) is 49.0 Å². The number of carbonyl (C=O) groups excluding carboxylic acids is 1. The summed E-state index contributed by atoms with van der Waals surface area (Å²) in [4.78, 5) is 14.3. The molecule has 22 heavy (non-hydrogen) atoms. The number of piperidine rings is 1. The molecule has 0 unspecified atom stereocenters. The van der Waals surface area contributed by atoms with Crippen LogP contribution in [0.2, 0.25) is 0 Å². The lowest BCUT2D eigenvalue weighted by Crippen LogP contribution is -2.39. The van der Waals surface area contributed by atoms with E-state index in [2.05, 4.69) is 10.2 Å². The normalized spacial score (nSPS) is 18.7. The molecular formula is C18H21N3O. The number of nitrogens with one attached hydrogen (secondary N) is 1. The van der Waals surface area contributed by atoms with E-state index in [4.69, 9.17) is 0 Å². The quantitative estimate of drug-likeness (QED) is 0.882. The summed E-state index contributed by atoms with van der Waals surface area (Å²) in [5.41, 5.74) is 2.21. The van der Waals surface area contributed by atoms with Crippen molar-refractivity contribution in [1.29, 1.82) is 0 Å². The molecule has 2 aromatic rings. The fourth-order valence-corrected chi connectivity index (χ4v) is 2.98. The molecule has 1 aliphatic rings. The second-order valence-corrected chi connectivity index (χ2v) is 5.82. The number of hydrogen-bond donors (Lipinski definition) is 1. The minimum absolute atomic E-state index is 0.109. The highest BCUT2D eigenvalue weighted by atomic mass is 16.2. The van der Waals surface area contributed by atoms with Gasteiger partial charge in [0.1, 0.15) is 0 Å². The average Bonchev–Trinajstić information content (AvgIpc) is 3.07. The summed E-state index contributed by atoms with van der Waals surface area (Å²) in [6, 6.07) is 11.9. The minimum atomic E-state index is 0.109. The molecule has 1 aromatic carbocycles. The number of H-pyrrole nitrogens is 1. The molecule has 1 aliphatic heterocycles. The molecule has 0 spiro atoms. The fraction of sp³-hybridized carbons (Fsp3) is 0.333. The lowest BCUT2D eigenvalue weighted by molar-refractivity contribution is -0.127. The molecule has 1 atom stereocenters. The van der Waals surface area contributed by atoms with Crippen molar-refractivity contribution in [1.82, 2.24) is 15.1 Å². The van der Waals surface area contributed by atoms with Crippen LogP contribution in [0.25, 0.3) is 6.08 Å². The zero-order chi connectivity index (χ0) is 15.2. The van der Waals surface area contributed by atoms with Crippen molar-refractivity contribution >= 4 is 12.0 Å². The van der Waals surface area contributed by atoms with Crippen LogP contribution >= 0.6 is 0 Å². The highest BCUT2D eigenvalue weighted by Gasteiger charge is 2.22. The highest BCUT2D eigenvalue weighted by molar-refractivity contribution is 5.91. The maximum absolute atomic E-state index is 12.3. The number of aromatic nitrogens is 2. The van der Waals surface area contributed by atoms with E-state index < -0.39 is 0 Å². The van der Waals surface area contributed by atoms with Gasteiger partial charge in [-0.05, 0) is 42.9 Å². The van der Waals surface area contributed by atoms with Gasteiger partial charge in [0, 0.05) is 31.1 Å². The number of nitrogens with zero attached hydrogens (tertiary/aromatic N) is 2. The third kappa shape index (κ3) is 3.85. The number of amides is 1. The number of benzene rings is 1. The molecule has 114 valence electrons. The Kier molecular flexibility index (Phi) is 4.68. The van der Waals surface area contributed by atoms with Crippen LogP contribution in [0.5, 0.6) is 0 Å². The number of aromatic amines is 1. The molecule has 0 saturated carbocycles. The second-order valence-electron chi connectivity index (χ2n) is 5.82. The third-order valence-electron chi connectivity index (χ3n) is 4.12. The van der Waals surface area contributed by atoms with Crippen LogP contribution in [0.4, 0.5) is 0 Å². The van der Waals surface area contributed by atoms with Crippen LogP contribution in [-0.4, -0.2) is 34.1 Å². The molecule has 0 bridgehead atoms. The van der Waals surface area contributed by atoms with Gasteiger partial charge in [0.25, 0.3) is 0 Å². The Morgan fingerprint density at radius 2 is 2.18 bits per heavy atom. The van der Waals surface area contributed by atoms with Crippen molar-refractivity contribution in [2.75, 3.05) is 13.1 Å². The predicted molar refractivity (Wildman–Crippen MR) is 87.1 cm³/mol. The summed E-state index contributed by atoms with van der Waals surface area (Å²) < 4.78 is 0. The summed E-state index contributed by atoms with van der Waals surface area (Å²) in [7, 11) is 0. The summed E-state index contributed by atoms with van der Waals surface area (Å²) in [5, 5.41) is 7.00. The first-order chi connectivity index (χ1) is 10.8. The Labute approximate surface area is 130 Å². The second kappa shape index (κ2) is 7.07. The molecule has 0 aliphatic carbocycles. The summed E-state index contributed by atoms with van der Waals surface area (Å²) in [6.45, 7) is 1.69. The van der Waals surface area contributed by atoms with Crippen molar-refractivity contribution in [2.45, 2.75) is 19.3 Å². The van der Waals surface area contributed by atoms with Crippen LogP contribution in [0.3, 0.4) is 0 Å². The molecule has 1 amide bonds. The summed E-state index contributed by atoms with van der Waals surface area (Å²) in [6.07, 6.45) is 8.57. The number of rotatable bonds is 4. The van der Waals surface area contributed by atoms with Crippen molar-refractivity contribution in [3.05, 3.63) is 59.9 Å². The van der Waals surface area contributed by atoms with Gasteiger partial charge in [0.2, 0.25) is 5.91 Å². The van der Waals surface area contributed by atoms with E-state index in [1.807, 2.05) is 47.4 Å². The van der Waals surface area contributed by atoms with Crippen LogP contribution < -0.4 is 0 Å². The predicted octanol–water partition coefficient (Wildman–Crippen LogP) is 2.90. The van der Waals surface area contributed by atoms with Crippen molar-refractivity contribution in [2.24, 2.45) is 5.92 Å². The first kappa shape index (κ1) is 14.6. The lowest BCUT2D eigenvalue weighted by Gasteiger charge is -2.32. The Hall–Kier alpha value is -2.36. The van der Waals surface area contributed by atoms with E-state index in [1.165, 1.54) is 6.42 Å². The summed E-state index contributed by atoms with van der Waals surface area (Å²) in [5.74, 6) is 0.626. The third-order valence-corrected chi connectivity index (χ3v) is 4.12. The van der Waals surface area contributed by atoms with Crippen LogP contribution in [0.15, 0.2) is 48.7 Å². The van der Waals surface area contributed by atoms with Gasteiger partial charge in [-0.15, -0.1) is 0 Å². The van der Waals surface area contributed by atoms with Crippen molar-refractivity contribution < 1.29 is 4.79 Å². The van der Waals surface area contributed by atoms with Gasteiger partial charge >= 0.3 is 0 Å². The van der Waals surface area contributed by atoms with Crippen molar-refractivity contribution in [3.8, 4) is 0 Å². The monoisotopic (exact) mass is 295 g/mol. The maximum Gasteiger partial charge on any atom is 0.246 e. The van der Waals surface area contributed by atoms with E-state index >= 15 is 0 Å². The van der Waals surface area contributed by atoms with Gasteiger partial charge in [-0.1, -0.05) is 30.3 Å². The van der Waals surface area contributed by atoms with Gasteiger partial charge in [0.15, 0.2) is 0 Å². The van der Waals surface area contributed by atoms with Gasteiger partial charge in [0.05, 0.1) is 0 Å². The zero-order valence-electron chi connectivity index (χ0n) is 12.6. The van der Waals surface area contributed by atoms with E-state index in [0.29, 0.717) is 5.92 Å². The van der Waals surface area contributed by atoms with E-state index in [9.17, 15) is 4.79 Å². The van der Waals surface area contributed by atoms with Gasteiger partial charge in [-0.2, -0.15) is 5.10 Å². The molecule has 0 radical (unpaired) electrons. The molecular weight excluding hydrogens is 274 g/mol. The first-order valence-electron chi connectivity index (χ1n) is 7.81. The van der Waals surface area contributed by atoms with Gasteiger partial charge in [-0.25, -0.2) is 0 Å². The van der Waals surface area contributed by atoms with E-state index in [0.717, 1.165) is 37.2 Å². The Balaban J connectivity index is 1.57. The molecule has 1 saturated heterocycles. The smallest absolute Gasteiger partial charge is 0.246 e. The SMILES string of the molecule is O=C(/C=C/c1ccccc1)N1CCC[C@@H](Cc2ccn[nH]2)C1. The van der Waals surface area contributed by atoms with E-state index in [1.54, 1.807) is 12.3 Å². The van der Waals surface area contributed by atoms with Crippen molar-refractivity contribution in [3.63, 3.8) is 0 Å². The molecule has 1 N–H and O–H groups in total. The Morgan fingerprint density at radius 1 is 1.32 bits per heavy atom. The minimum Gasteiger partial charge on any atom is -0.339 e. The largest absolute Gasteiger partial charge is 0.339 e. The highest BCUT2D eigenvalue weighted by Crippen LogP contribution is 2.20. The summed E-state index contributed by atoms with van der Waals surface area (Å²) >= 11 is 0. The average molecular weight is 295 g/mol. The molecule has 4 heteroatoms. The fourth-order valence-electron chi connectivity index (χ4n) is 2.98. The lowest BCUT2D eigenvalue weighted by atomic mass is 9.93. The van der Waals surface area contributed by atoms with Gasteiger partial charge in [-0.3, -0.25) is 9.89 Å². The molecule has 2 heterocycles. The van der Waals surface area contributed by atoms with E-state index in [-0.39, 0.29) is 5.91 Å². The maximum atomic E-state index is 12.3. The van der Waals surface area contributed by atoms with Crippen LogP contribution in [-0.2, 0) is 11.2 Å². The van der Waals surface area contributed by atoms with Crippen LogP contribution in [0.1, 0.15) is 24.1 Å². The first-order valence-corrected chi connectivity index (χ1v) is 7.81. The number of carbonyl (C=O) groups is 1. The molecule has 4 nitrogen and oxygen atoms in total. The number of hydrogen-bond acceptors (Lipinski definition) is 2. The van der Waals surface area contributed by atoms with Gasteiger partial charge < -0.3 is 4.90 Å². The Morgan fingerprint density at radius 3 is 2.95 bits per heavy atom. The number of likely N-dealkylation sites (tertiary alicyclic amines) is 1. The zero-order valence-corrected chi connectivity index (χ0v) is 12.6. The molecule has 1 aromatic heterocycles. The standard InChI is InChI=1S/C18H21N3O/c22-18(9-8-15-5-2-1-3-6-15)21-12-4-7-16(14-21)13-17-10-11-19-20-17/h1-3,5-6,8-11,16H,4,7,12-14H2,(H,19,20)/b9-8+/t16-/m0/s1. The molecule has 1 fully saturated rings. The molecule has 3 rings (SSSR count).